The zero-order valence-electron chi connectivity index (χ0n) is 15.7. The Labute approximate surface area is 168 Å². The van der Waals surface area contributed by atoms with Gasteiger partial charge >= 0.3 is 0 Å². The first-order chi connectivity index (χ1) is 11.5. The molecule has 2 N–H and O–H groups in total. The second-order valence-corrected chi connectivity index (χ2v) is 6.69. The van der Waals surface area contributed by atoms with Gasteiger partial charge in [-0.25, -0.2) is 0 Å². The van der Waals surface area contributed by atoms with Crippen molar-refractivity contribution in [3.63, 3.8) is 0 Å². The topological polar surface area (TPSA) is 56.7 Å². The lowest BCUT2D eigenvalue weighted by Gasteiger charge is -2.31. The number of hydrogen-bond donors (Lipinski definition) is 2. The SMILES string of the molecule is CCNC(=NCC(C)c1cccc(C)c1)NC1CCC(=O)N(C)C1.I. The van der Waals surface area contributed by atoms with E-state index in [4.69, 9.17) is 4.99 Å². The molecule has 2 atom stereocenters. The van der Waals surface area contributed by atoms with E-state index in [1.807, 2.05) is 7.05 Å². The Morgan fingerprint density at radius 3 is 2.84 bits per heavy atom. The van der Waals surface area contributed by atoms with Crippen LogP contribution in [0.25, 0.3) is 0 Å². The zero-order valence-corrected chi connectivity index (χ0v) is 18.0. The second kappa shape index (κ2) is 10.6. The van der Waals surface area contributed by atoms with Crippen LogP contribution in [0, 0.1) is 6.92 Å². The van der Waals surface area contributed by atoms with E-state index in [1.165, 1.54) is 11.1 Å². The molecule has 1 aromatic carbocycles. The Morgan fingerprint density at radius 1 is 1.44 bits per heavy atom. The number of carbonyl (C=O) groups excluding carboxylic acids is 1. The molecule has 0 spiro atoms. The Kier molecular flexibility index (Phi) is 9.24. The van der Waals surface area contributed by atoms with Gasteiger partial charge in [0.2, 0.25) is 5.91 Å². The Morgan fingerprint density at radius 2 is 2.20 bits per heavy atom. The molecule has 1 heterocycles. The number of carbonyl (C=O) groups is 1. The van der Waals surface area contributed by atoms with E-state index in [0.29, 0.717) is 12.3 Å². The number of guanidine groups is 1. The lowest BCUT2D eigenvalue weighted by molar-refractivity contribution is -0.132. The zero-order chi connectivity index (χ0) is 17.5. The summed E-state index contributed by atoms with van der Waals surface area (Å²) in [5.74, 6) is 1.43. The van der Waals surface area contributed by atoms with Crippen LogP contribution in [0.3, 0.4) is 0 Å². The predicted octanol–water partition coefficient (Wildman–Crippen LogP) is 2.89. The Balaban J connectivity index is 0.00000312. The van der Waals surface area contributed by atoms with Gasteiger partial charge in [-0.05, 0) is 25.8 Å². The molecule has 0 aromatic heterocycles. The van der Waals surface area contributed by atoms with E-state index >= 15 is 0 Å². The van der Waals surface area contributed by atoms with Crippen LogP contribution >= 0.6 is 24.0 Å². The Hall–Kier alpha value is -1.31. The van der Waals surface area contributed by atoms with E-state index in [2.05, 4.69) is 55.7 Å². The summed E-state index contributed by atoms with van der Waals surface area (Å²) in [5, 5.41) is 6.78. The molecule has 1 saturated heterocycles. The van der Waals surface area contributed by atoms with Gasteiger partial charge in [-0.2, -0.15) is 0 Å². The van der Waals surface area contributed by atoms with Crippen LogP contribution in [0.5, 0.6) is 0 Å². The molecular formula is C19H31IN4O. The van der Waals surface area contributed by atoms with Gasteiger partial charge in [-0.3, -0.25) is 9.79 Å². The van der Waals surface area contributed by atoms with Crippen LogP contribution in [0.1, 0.15) is 43.7 Å². The van der Waals surface area contributed by atoms with Crippen LogP contribution in [0.4, 0.5) is 0 Å². The van der Waals surface area contributed by atoms with Gasteiger partial charge in [0.05, 0.1) is 0 Å². The molecule has 25 heavy (non-hydrogen) atoms. The van der Waals surface area contributed by atoms with Crippen LogP contribution < -0.4 is 10.6 Å². The van der Waals surface area contributed by atoms with Gasteiger partial charge in [-0.15, -0.1) is 24.0 Å². The third-order valence-corrected chi connectivity index (χ3v) is 4.45. The molecule has 140 valence electrons. The molecule has 1 fully saturated rings. The molecule has 1 amide bonds. The van der Waals surface area contributed by atoms with Gasteiger partial charge in [0.15, 0.2) is 5.96 Å². The van der Waals surface area contributed by atoms with Crippen molar-refractivity contribution in [1.82, 2.24) is 15.5 Å². The van der Waals surface area contributed by atoms with Crippen molar-refractivity contribution in [2.45, 2.75) is 45.6 Å². The molecule has 1 aliphatic rings. The van der Waals surface area contributed by atoms with E-state index in [9.17, 15) is 4.79 Å². The summed E-state index contributed by atoms with van der Waals surface area (Å²) in [5.41, 5.74) is 2.60. The highest BCUT2D eigenvalue weighted by molar-refractivity contribution is 14.0. The predicted molar refractivity (Wildman–Crippen MR) is 115 cm³/mol. The van der Waals surface area contributed by atoms with E-state index < -0.39 is 0 Å². The maximum absolute atomic E-state index is 11.6. The van der Waals surface area contributed by atoms with Crippen molar-refractivity contribution >= 4 is 35.8 Å². The highest BCUT2D eigenvalue weighted by Gasteiger charge is 2.23. The number of amides is 1. The van der Waals surface area contributed by atoms with Crippen LogP contribution in [0.15, 0.2) is 29.3 Å². The number of likely N-dealkylation sites (tertiary alicyclic amines) is 1. The summed E-state index contributed by atoms with van der Waals surface area (Å²) in [6.07, 6.45) is 1.47. The van der Waals surface area contributed by atoms with Crippen molar-refractivity contribution in [2.75, 3.05) is 26.7 Å². The molecule has 2 unspecified atom stereocenters. The molecule has 1 aromatic rings. The number of piperidine rings is 1. The first-order valence-corrected chi connectivity index (χ1v) is 8.85. The van der Waals surface area contributed by atoms with Crippen molar-refractivity contribution in [1.29, 1.82) is 0 Å². The number of nitrogens with zero attached hydrogens (tertiary/aromatic N) is 2. The number of nitrogens with one attached hydrogen (secondary N) is 2. The van der Waals surface area contributed by atoms with E-state index in [-0.39, 0.29) is 35.9 Å². The van der Waals surface area contributed by atoms with Crippen LogP contribution in [0.2, 0.25) is 0 Å². The number of hydrogen-bond acceptors (Lipinski definition) is 2. The van der Waals surface area contributed by atoms with Crippen molar-refractivity contribution in [3.8, 4) is 0 Å². The van der Waals surface area contributed by atoms with Crippen LogP contribution in [-0.4, -0.2) is 49.5 Å². The van der Waals surface area contributed by atoms with E-state index in [0.717, 1.165) is 32.0 Å². The Bertz CT molecular complexity index is 591. The number of likely N-dealkylation sites (N-methyl/N-ethyl adjacent to an activating group) is 1. The molecular weight excluding hydrogens is 427 g/mol. The monoisotopic (exact) mass is 458 g/mol. The fourth-order valence-electron chi connectivity index (χ4n) is 2.95. The minimum absolute atomic E-state index is 0. The largest absolute Gasteiger partial charge is 0.357 e. The normalized spacial score (nSPS) is 19.2. The standard InChI is InChI=1S/C19H30N4O.HI/c1-5-20-19(22-17-9-10-18(24)23(4)13-17)21-12-15(3)16-8-6-7-14(2)11-16;/h6-8,11,15,17H,5,9-10,12-13H2,1-4H3,(H2,20,21,22);1H. The lowest BCUT2D eigenvalue weighted by atomic mass is 10.00. The molecule has 0 saturated carbocycles. The number of halogens is 1. The fourth-order valence-corrected chi connectivity index (χ4v) is 2.95. The number of rotatable bonds is 5. The van der Waals surface area contributed by atoms with Gasteiger partial charge in [0, 0.05) is 45.1 Å². The third-order valence-electron chi connectivity index (χ3n) is 4.45. The van der Waals surface area contributed by atoms with Crippen molar-refractivity contribution in [2.24, 2.45) is 4.99 Å². The fraction of sp³-hybridized carbons (Fsp3) is 0.579. The average Bonchev–Trinajstić information content (AvgIpc) is 2.56. The molecule has 0 aliphatic carbocycles. The number of benzene rings is 1. The maximum Gasteiger partial charge on any atom is 0.222 e. The summed E-state index contributed by atoms with van der Waals surface area (Å²) in [6.45, 7) is 8.68. The van der Waals surface area contributed by atoms with Gasteiger partial charge < -0.3 is 15.5 Å². The molecule has 5 nitrogen and oxygen atoms in total. The van der Waals surface area contributed by atoms with Gasteiger partial charge in [-0.1, -0.05) is 36.8 Å². The molecule has 6 heteroatoms. The summed E-state index contributed by atoms with van der Waals surface area (Å²) in [6, 6.07) is 8.87. The van der Waals surface area contributed by atoms with Crippen molar-refractivity contribution < 1.29 is 4.79 Å². The smallest absolute Gasteiger partial charge is 0.222 e. The average molecular weight is 458 g/mol. The summed E-state index contributed by atoms with van der Waals surface area (Å²) >= 11 is 0. The summed E-state index contributed by atoms with van der Waals surface area (Å²) < 4.78 is 0. The highest BCUT2D eigenvalue weighted by atomic mass is 127. The number of aliphatic imine (C=N–C) groups is 1. The summed E-state index contributed by atoms with van der Waals surface area (Å²) in [4.78, 5) is 18.1. The minimum atomic E-state index is 0. The maximum atomic E-state index is 11.6. The second-order valence-electron chi connectivity index (χ2n) is 6.69. The molecule has 2 rings (SSSR count). The first-order valence-electron chi connectivity index (χ1n) is 8.85. The first kappa shape index (κ1) is 21.7. The molecule has 1 aliphatic heterocycles. The van der Waals surface area contributed by atoms with Crippen molar-refractivity contribution in [3.05, 3.63) is 35.4 Å². The summed E-state index contributed by atoms with van der Waals surface area (Å²) in [7, 11) is 1.86. The minimum Gasteiger partial charge on any atom is -0.357 e. The van der Waals surface area contributed by atoms with Gasteiger partial charge in [0.25, 0.3) is 0 Å². The van der Waals surface area contributed by atoms with Crippen LogP contribution in [-0.2, 0) is 4.79 Å². The van der Waals surface area contributed by atoms with Gasteiger partial charge in [0.1, 0.15) is 0 Å². The quantitative estimate of drug-likeness (QED) is 0.406. The lowest BCUT2D eigenvalue weighted by Crippen LogP contribution is -2.51. The third kappa shape index (κ3) is 6.84. The van der Waals surface area contributed by atoms with E-state index in [1.54, 1.807) is 4.90 Å². The molecule has 0 radical (unpaired) electrons. The molecule has 0 bridgehead atoms. The highest BCUT2D eigenvalue weighted by Crippen LogP contribution is 2.16. The number of aryl methyl sites for hydroxylation is 1.